The molecular formula is C17H21N3. The summed E-state index contributed by atoms with van der Waals surface area (Å²) in [5.41, 5.74) is 12.0. The SMILES string of the molecule is Cc1ccc(C)c(-c2nc(N)c3c(n2)CCCCC3)c1. The molecule has 0 atom stereocenters. The molecule has 1 aliphatic carbocycles. The van der Waals surface area contributed by atoms with E-state index in [1.807, 2.05) is 0 Å². The lowest BCUT2D eigenvalue weighted by Crippen LogP contribution is -2.07. The Hall–Kier alpha value is -1.90. The van der Waals surface area contributed by atoms with Gasteiger partial charge in [-0.25, -0.2) is 9.97 Å². The van der Waals surface area contributed by atoms with Crippen LogP contribution in [0.25, 0.3) is 11.4 Å². The van der Waals surface area contributed by atoms with Gasteiger partial charge in [0.2, 0.25) is 0 Å². The van der Waals surface area contributed by atoms with Crippen LogP contribution in [-0.4, -0.2) is 9.97 Å². The smallest absolute Gasteiger partial charge is 0.162 e. The summed E-state index contributed by atoms with van der Waals surface area (Å²) in [5, 5.41) is 0. The molecule has 2 aromatic rings. The van der Waals surface area contributed by atoms with E-state index in [4.69, 9.17) is 10.7 Å². The minimum atomic E-state index is 0.674. The van der Waals surface area contributed by atoms with E-state index in [2.05, 4.69) is 37.0 Å². The zero-order valence-electron chi connectivity index (χ0n) is 12.2. The molecule has 0 saturated carbocycles. The standard InChI is InChI=1S/C17H21N3/c1-11-8-9-12(2)14(10-11)17-19-15-7-5-3-4-6-13(15)16(18)20-17/h8-10H,3-7H2,1-2H3,(H2,18,19,20). The topological polar surface area (TPSA) is 51.8 Å². The van der Waals surface area contributed by atoms with E-state index >= 15 is 0 Å². The molecule has 0 saturated heterocycles. The third-order valence-corrected chi connectivity index (χ3v) is 4.10. The second-order valence-corrected chi connectivity index (χ2v) is 5.74. The van der Waals surface area contributed by atoms with E-state index in [1.165, 1.54) is 36.0 Å². The first-order valence-electron chi connectivity index (χ1n) is 7.38. The molecule has 0 bridgehead atoms. The highest BCUT2D eigenvalue weighted by Gasteiger charge is 2.16. The van der Waals surface area contributed by atoms with Crippen LogP contribution in [0, 0.1) is 13.8 Å². The van der Waals surface area contributed by atoms with E-state index in [9.17, 15) is 0 Å². The molecule has 20 heavy (non-hydrogen) atoms. The van der Waals surface area contributed by atoms with Gasteiger partial charge < -0.3 is 5.73 Å². The van der Waals surface area contributed by atoms with Crippen molar-refractivity contribution < 1.29 is 0 Å². The van der Waals surface area contributed by atoms with Crippen LogP contribution in [0.3, 0.4) is 0 Å². The largest absolute Gasteiger partial charge is 0.383 e. The van der Waals surface area contributed by atoms with Crippen LogP contribution in [0.5, 0.6) is 0 Å². The Balaban J connectivity index is 2.13. The molecule has 3 rings (SSSR count). The summed E-state index contributed by atoms with van der Waals surface area (Å²) in [7, 11) is 0. The fourth-order valence-electron chi connectivity index (χ4n) is 2.90. The van der Waals surface area contributed by atoms with Gasteiger partial charge in [0.05, 0.1) is 0 Å². The van der Waals surface area contributed by atoms with E-state index in [1.54, 1.807) is 0 Å². The molecule has 1 aromatic heterocycles. The lowest BCUT2D eigenvalue weighted by molar-refractivity contribution is 0.709. The van der Waals surface area contributed by atoms with Gasteiger partial charge in [0.1, 0.15) is 5.82 Å². The number of rotatable bonds is 1. The predicted octanol–water partition coefficient (Wildman–Crippen LogP) is 3.61. The summed E-state index contributed by atoms with van der Waals surface area (Å²) < 4.78 is 0. The lowest BCUT2D eigenvalue weighted by Gasteiger charge is -2.12. The number of aryl methyl sites for hydroxylation is 3. The first-order chi connectivity index (χ1) is 9.65. The molecule has 3 heteroatoms. The Morgan fingerprint density at radius 2 is 1.80 bits per heavy atom. The molecule has 104 valence electrons. The zero-order valence-corrected chi connectivity index (χ0v) is 12.2. The van der Waals surface area contributed by atoms with Crippen molar-refractivity contribution in [2.45, 2.75) is 46.0 Å². The van der Waals surface area contributed by atoms with E-state index < -0.39 is 0 Å². The van der Waals surface area contributed by atoms with Gasteiger partial charge in [0, 0.05) is 16.8 Å². The summed E-state index contributed by atoms with van der Waals surface area (Å²) in [5.74, 6) is 1.46. The number of fused-ring (bicyclic) bond motifs is 1. The van der Waals surface area contributed by atoms with Gasteiger partial charge in [0.15, 0.2) is 5.82 Å². The number of benzene rings is 1. The molecule has 0 amide bonds. The van der Waals surface area contributed by atoms with Gasteiger partial charge in [0.25, 0.3) is 0 Å². The van der Waals surface area contributed by atoms with Crippen LogP contribution < -0.4 is 5.73 Å². The molecular weight excluding hydrogens is 246 g/mol. The maximum Gasteiger partial charge on any atom is 0.162 e. The molecule has 3 nitrogen and oxygen atoms in total. The third kappa shape index (κ3) is 2.40. The molecule has 0 aliphatic heterocycles. The number of nitrogens with zero attached hydrogens (tertiary/aromatic N) is 2. The van der Waals surface area contributed by atoms with Crippen molar-refractivity contribution in [1.82, 2.24) is 9.97 Å². The van der Waals surface area contributed by atoms with Gasteiger partial charge in [-0.3, -0.25) is 0 Å². The molecule has 1 aliphatic rings. The van der Waals surface area contributed by atoms with Crippen molar-refractivity contribution in [1.29, 1.82) is 0 Å². The Bertz CT molecular complexity index is 647. The summed E-state index contributed by atoms with van der Waals surface area (Å²) in [6.07, 6.45) is 5.71. The number of hydrogen-bond donors (Lipinski definition) is 1. The van der Waals surface area contributed by atoms with Gasteiger partial charge in [-0.05, 0) is 51.2 Å². The van der Waals surface area contributed by atoms with Crippen molar-refractivity contribution in [3.8, 4) is 11.4 Å². The normalized spacial score (nSPS) is 14.7. The van der Waals surface area contributed by atoms with Crippen LogP contribution in [-0.2, 0) is 12.8 Å². The Labute approximate surface area is 120 Å². The molecule has 1 heterocycles. The summed E-state index contributed by atoms with van der Waals surface area (Å²) in [6.45, 7) is 4.19. The van der Waals surface area contributed by atoms with Crippen LogP contribution >= 0.6 is 0 Å². The van der Waals surface area contributed by atoms with Crippen molar-refractivity contribution in [3.05, 3.63) is 40.6 Å². The second-order valence-electron chi connectivity index (χ2n) is 5.74. The van der Waals surface area contributed by atoms with Crippen molar-refractivity contribution in [3.63, 3.8) is 0 Å². The molecule has 0 unspecified atom stereocenters. The van der Waals surface area contributed by atoms with Crippen molar-refractivity contribution in [2.24, 2.45) is 0 Å². The minimum Gasteiger partial charge on any atom is -0.383 e. The Morgan fingerprint density at radius 3 is 2.65 bits per heavy atom. The molecule has 1 aromatic carbocycles. The van der Waals surface area contributed by atoms with Gasteiger partial charge in [-0.2, -0.15) is 0 Å². The van der Waals surface area contributed by atoms with Gasteiger partial charge in [-0.1, -0.05) is 24.1 Å². The average molecular weight is 267 g/mol. The maximum absolute atomic E-state index is 6.19. The monoisotopic (exact) mass is 267 g/mol. The van der Waals surface area contributed by atoms with Gasteiger partial charge in [-0.15, -0.1) is 0 Å². The number of hydrogen-bond acceptors (Lipinski definition) is 3. The number of aromatic nitrogens is 2. The van der Waals surface area contributed by atoms with E-state index in [0.717, 1.165) is 29.9 Å². The van der Waals surface area contributed by atoms with E-state index in [0.29, 0.717) is 5.82 Å². The zero-order chi connectivity index (χ0) is 14.1. The predicted molar refractivity (Wildman–Crippen MR) is 82.6 cm³/mol. The number of nitrogens with two attached hydrogens (primary N) is 1. The van der Waals surface area contributed by atoms with Crippen LogP contribution in [0.4, 0.5) is 5.82 Å². The van der Waals surface area contributed by atoms with Crippen molar-refractivity contribution >= 4 is 5.82 Å². The quantitative estimate of drug-likeness (QED) is 0.803. The molecule has 0 radical (unpaired) electrons. The first-order valence-corrected chi connectivity index (χ1v) is 7.38. The van der Waals surface area contributed by atoms with Gasteiger partial charge >= 0.3 is 0 Å². The highest BCUT2D eigenvalue weighted by molar-refractivity contribution is 5.63. The Morgan fingerprint density at radius 1 is 1.00 bits per heavy atom. The summed E-state index contributed by atoms with van der Waals surface area (Å²) >= 11 is 0. The third-order valence-electron chi connectivity index (χ3n) is 4.10. The first kappa shape index (κ1) is 13.1. The van der Waals surface area contributed by atoms with Crippen LogP contribution in [0.2, 0.25) is 0 Å². The Kier molecular flexibility index (Phi) is 3.43. The maximum atomic E-state index is 6.19. The number of nitrogen functional groups attached to an aromatic ring is 1. The highest BCUT2D eigenvalue weighted by Crippen LogP contribution is 2.28. The van der Waals surface area contributed by atoms with Crippen LogP contribution in [0.15, 0.2) is 18.2 Å². The summed E-state index contributed by atoms with van der Waals surface area (Å²) in [6, 6.07) is 6.38. The van der Waals surface area contributed by atoms with Crippen LogP contribution in [0.1, 0.15) is 41.6 Å². The number of anilines is 1. The lowest BCUT2D eigenvalue weighted by atomic mass is 10.0. The second kappa shape index (κ2) is 5.23. The molecule has 0 spiro atoms. The molecule has 2 N–H and O–H groups in total. The van der Waals surface area contributed by atoms with Crippen molar-refractivity contribution in [2.75, 3.05) is 5.73 Å². The fourth-order valence-corrected chi connectivity index (χ4v) is 2.90. The summed E-state index contributed by atoms with van der Waals surface area (Å²) in [4.78, 5) is 9.38. The molecule has 0 fully saturated rings. The fraction of sp³-hybridized carbons (Fsp3) is 0.412. The van der Waals surface area contributed by atoms with E-state index in [-0.39, 0.29) is 0 Å². The average Bonchev–Trinajstić information content (AvgIpc) is 2.67. The minimum absolute atomic E-state index is 0.674. The highest BCUT2D eigenvalue weighted by atomic mass is 15.0.